The number of hydrogen-bond donors (Lipinski definition) is 0. The van der Waals surface area contributed by atoms with Crippen LogP contribution in [0.1, 0.15) is 119 Å². The quantitative estimate of drug-likeness (QED) is 0.103. The van der Waals surface area contributed by atoms with E-state index in [-0.39, 0.29) is 24.1 Å². The van der Waals surface area contributed by atoms with E-state index < -0.39 is 0 Å². The average molecular weight is 697 g/mol. The number of carbonyl (C=O) groups is 2. The number of rotatable bonds is 14. The molecule has 8 bridgehead atoms. The van der Waals surface area contributed by atoms with Crippen molar-refractivity contribution in [3.8, 4) is 0 Å². The Morgan fingerprint density at radius 3 is 1.66 bits per heavy atom. The first-order chi connectivity index (χ1) is 24.0. The van der Waals surface area contributed by atoms with E-state index >= 15 is 0 Å². The van der Waals surface area contributed by atoms with Crippen molar-refractivity contribution >= 4 is 11.9 Å². The zero-order chi connectivity index (χ0) is 35.4. The third-order valence-electron chi connectivity index (χ3n) is 17.5. The minimum absolute atomic E-state index is 0.0917. The first kappa shape index (κ1) is 37.2. The van der Waals surface area contributed by atoms with Gasteiger partial charge in [-0.05, 0) is 184 Å². The molecule has 0 N–H and O–H groups in total. The van der Waals surface area contributed by atoms with Gasteiger partial charge in [0.05, 0.1) is 0 Å². The van der Waals surface area contributed by atoms with Crippen molar-refractivity contribution in [3.63, 3.8) is 0 Å². The van der Waals surface area contributed by atoms with Crippen molar-refractivity contribution in [2.75, 3.05) is 27.4 Å². The van der Waals surface area contributed by atoms with Crippen LogP contribution in [0.15, 0.2) is 0 Å². The molecule has 20 atom stereocenters. The predicted octanol–water partition coefficient (Wildman–Crippen LogP) is 9.09. The normalized spacial score (nSPS) is 47.9. The fourth-order valence-corrected chi connectivity index (χ4v) is 15.8. The second-order valence-corrected chi connectivity index (χ2v) is 19.3. The minimum Gasteiger partial charge on any atom is -0.463 e. The van der Waals surface area contributed by atoms with Gasteiger partial charge in [0, 0.05) is 41.3 Å². The Hall–Kier alpha value is -1.14. The molecular weight excluding hydrogens is 624 g/mol. The summed E-state index contributed by atoms with van der Waals surface area (Å²) >= 11 is 0. The van der Waals surface area contributed by atoms with Crippen LogP contribution in [0.2, 0.25) is 0 Å². The summed E-state index contributed by atoms with van der Waals surface area (Å²) < 4.78 is 21.9. The molecule has 50 heavy (non-hydrogen) atoms. The van der Waals surface area contributed by atoms with Crippen LogP contribution in [-0.4, -0.2) is 51.6 Å². The molecule has 0 amide bonds. The van der Waals surface area contributed by atoms with Gasteiger partial charge in [0.25, 0.3) is 0 Å². The van der Waals surface area contributed by atoms with E-state index in [9.17, 15) is 9.59 Å². The highest BCUT2D eigenvalue weighted by atomic mass is 16.5. The van der Waals surface area contributed by atoms with Gasteiger partial charge in [0.15, 0.2) is 0 Å². The lowest BCUT2D eigenvalue weighted by Crippen LogP contribution is -2.42. The minimum atomic E-state index is -0.120. The van der Waals surface area contributed by atoms with Crippen molar-refractivity contribution in [2.45, 2.75) is 131 Å². The maximum atomic E-state index is 11.7. The summed E-state index contributed by atoms with van der Waals surface area (Å²) in [6.45, 7) is 14.7. The number of carbonyl (C=O) groups excluding carboxylic acids is 2. The molecule has 8 saturated carbocycles. The molecule has 284 valence electrons. The lowest BCUT2D eigenvalue weighted by molar-refractivity contribution is -0.152. The Morgan fingerprint density at radius 1 is 0.560 bits per heavy atom. The second-order valence-electron chi connectivity index (χ2n) is 19.3. The first-order valence-electron chi connectivity index (χ1n) is 21.4. The number of ether oxygens (including phenoxy) is 4. The first-order valence-corrected chi connectivity index (χ1v) is 21.4. The van der Waals surface area contributed by atoms with E-state index in [1.807, 2.05) is 0 Å². The Balaban J connectivity index is 0.000000157. The highest BCUT2D eigenvalue weighted by Gasteiger charge is 2.67. The third kappa shape index (κ3) is 6.64. The fourth-order valence-electron chi connectivity index (χ4n) is 15.8. The van der Waals surface area contributed by atoms with E-state index in [0.717, 1.165) is 152 Å². The average Bonchev–Trinajstić information content (AvgIpc) is 3.93. The molecule has 6 nitrogen and oxygen atoms in total. The second kappa shape index (κ2) is 15.3. The Labute approximate surface area is 304 Å². The number of esters is 2. The zero-order valence-electron chi connectivity index (χ0n) is 32.9. The van der Waals surface area contributed by atoms with Gasteiger partial charge < -0.3 is 18.9 Å². The summed E-state index contributed by atoms with van der Waals surface area (Å²) in [7, 11) is 3.51. The van der Waals surface area contributed by atoms with Crippen LogP contribution in [0.3, 0.4) is 0 Å². The van der Waals surface area contributed by atoms with E-state index in [1.165, 1.54) is 38.5 Å². The molecule has 0 aromatic carbocycles. The molecule has 0 saturated heterocycles. The van der Waals surface area contributed by atoms with Crippen LogP contribution in [-0.2, 0) is 28.5 Å². The maximum absolute atomic E-state index is 11.7. The van der Waals surface area contributed by atoms with E-state index in [0.29, 0.717) is 5.92 Å². The molecule has 0 aromatic rings. The summed E-state index contributed by atoms with van der Waals surface area (Å²) in [5.74, 6) is 16.5. The molecule has 6 heteroatoms. The summed E-state index contributed by atoms with van der Waals surface area (Å²) in [6, 6.07) is 0. The summed E-state index contributed by atoms with van der Waals surface area (Å²) in [6.07, 6.45) is 15.1. The molecule has 8 aliphatic carbocycles. The lowest BCUT2D eigenvalue weighted by atomic mass is 9.61. The molecule has 0 spiro atoms. The van der Waals surface area contributed by atoms with Crippen molar-refractivity contribution in [1.29, 1.82) is 0 Å². The monoisotopic (exact) mass is 697 g/mol. The summed E-state index contributed by atoms with van der Waals surface area (Å²) in [5, 5.41) is 0. The third-order valence-corrected chi connectivity index (χ3v) is 17.5. The molecule has 0 aromatic heterocycles. The van der Waals surface area contributed by atoms with Crippen LogP contribution < -0.4 is 0 Å². The van der Waals surface area contributed by atoms with Gasteiger partial charge in [0.2, 0.25) is 0 Å². The van der Waals surface area contributed by atoms with Gasteiger partial charge in [-0.3, -0.25) is 9.59 Å². The largest absolute Gasteiger partial charge is 0.463 e. The molecule has 0 radical (unpaired) electrons. The van der Waals surface area contributed by atoms with Crippen LogP contribution in [0.5, 0.6) is 0 Å². The molecule has 8 aliphatic rings. The van der Waals surface area contributed by atoms with Gasteiger partial charge in [-0.15, -0.1) is 0 Å². The van der Waals surface area contributed by atoms with Crippen LogP contribution in [0.25, 0.3) is 0 Å². The predicted molar refractivity (Wildman–Crippen MR) is 196 cm³/mol. The van der Waals surface area contributed by atoms with Gasteiger partial charge in [-0.25, -0.2) is 0 Å². The Kier molecular flexibility index (Phi) is 11.4. The number of methoxy groups -OCH3 is 2. The van der Waals surface area contributed by atoms with Crippen LogP contribution in [0, 0.1) is 107 Å². The molecular formula is C44H72O6. The highest BCUT2D eigenvalue weighted by molar-refractivity contribution is 5.66. The fraction of sp³-hybridized carbons (Fsp3) is 0.955. The van der Waals surface area contributed by atoms with E-state index in [4.69, 9.17) is 18.9 Å². The van der Waals surface area contributed by atoms with Crippen LogP contribution in [0.4, 0.5) is 0 Å². The molecule has 8 rings (SSSR count). The SMILES string of the molecule is COCCCC(CC1CC2CC1C1C3CC(C(C)C3C)C21)OC(C)=O.COCCCCC(OC(C)=O)C1CC2CC1C1C3CC(C(C)C3C)C21. The Bertz CT molecular complexity index is 1190. The van der Waals surface area contributed by atoms with Crippen molar-refractivity contribution in [2.24, 2.45) is 107 Å². The number of fused-ring (bicyclic) bond motifs is 18. The molecule has 20 unspecified atom stereocenters. The molecule has 0 heterocycles. The Morgan fingerprint density at radius 2 is 1.08 bits per heavy atom. The van der Waals surface area contributed by atoms with Gasteiger partial charge >= 0.3 is 11.9 Å². The molecule has 0 aliphatic heterocycles. The van der Waals surface area contributed by atoms with Gasteiger partial charge in [-0.2, -0.15) is 0 Å². The smallest absolute Gasteiger partial charge is 0.302 e. The van der Waals surface area contributed by atoms with Crippen molar-refractivity contribution < 1.29 is 28.5 Å². The summed E-state index contributed by atoms with van der Waals surface area (Å²) in [5.41, 5.74) is 0. The molecule has 8 fully saturated rings. The zero-order valence-corrected chi connectivity index (χ0v) is 32.9. The number of unbranched alkanes of at least 4 members (excludes halogenated alkanes) is 1. The van der Waals surface area contributed by atoms with Crippen LogP contribution >= 0.6 is 0 Å². The number of hydrogen-bond acceptors (Lipinski definition) is 6. The topological polar surface area (TPSA) is 71.1 Å². The van der Waals surface area contributed by atoms with E-state index in [2.05, 4.69) is 27.7 Å². The lowest BCUT2D eigenvalue weighted by Gasteiger charge is -2.45. The van der Waals surface area contributed by atoms with Crippen molar-refractivity contribution in [1.82, 2.24) is 0 Å². The van der Waals surface area contributed by atoms with Gasteiger partial charge in [0.1, 0.15) is 12.2 Å². The maximum Gasteiger partial charge on any atom is 0.302 e. The summed E-state index contributed by atoms with van der Waals surface area (Å²) in [4.78, 5) is 23.2. The standard InChI is InChI=1S/2C22H36O3/c1-12-13(2)19-11-18(12)21-16-8-15(20(10-16)22(19)21)9-17(25-14(3)23)6-5-7-24-4;1-12-13(2)17-11-16(12)21-15-9-18(19(10-15)22(17)21)20(25-14(3)23)7-5-6-8-24-4/h2*12-13,15-22H,5-11H2,1-4H3. The van der Waals surface area contributed by atoms with Crippen molar-refractivity contribution in [3.05, 3.63) is 0 Å². The highest BCUT2D eigenvalue weighted by Crippen LogP contribution is 2.73. The van der Waals surface area contributed by atoms with E-state index in [1.54, 1.807) is 28.1 Å². The van der Waals surface area contributed by atoms with Gasteiger partial charge in [-0.1, -0.05) is 27.7 Å².